The minimum Gasteiger partial charge on any atom is -0.390 e. The van der Waals surface area contributed by atoms with Gasteiger partial charge in [0.1, 0.15) is 10.5 Å². The van der Waals surface area contributed by atoms with Gasteiger partial charge in [-0.1, -0.05) is 30.4 Å². The van der Waals surface area contributed by atoms with Gasteiger partial charge < -0.3 is 15.3 Å². The largest absolute Gasteiger partial charge is 0.390 e. The molecule has 17 heavy (non-hydrogen) atoms. The molecule has 2 heterocycles. The second kappa shape index (κ2) is 4.15. The van der Waals surface area contributed by atoms with Crippen LogP contribution in [0.15, 0.2) is 24.3 Å². The summed E-state index contributed by atoms with van der Waals surface area (Å²) in [4.78, 5) is 2.09. The fraction of sp³-hybridized carbons (Fsp3) is 0.417. The van der Waals surface area contributed by atoms with Crippen LogP contribution >= 0.6 is 24.0 Å². The lowest BCUT2D eigenvalue weighted by molar-refractivity contribution is 0.172. The van der Waals surface area contributed by atoms with E-state index in [-0.39, 0.29) is 18.2 Å². The lowest BCUT2D eigenvalue weighted by Gasteiger charge is -2.25. The molecule has 2 aliphatic rings. The molecule has 0 aromatic heterocycles. The number of para-hydroxylation sites is 1. The zero-order chi connectivity index (χ0) is 12.0. The monoisotopic (exact) mass is 266 g/mol. The van der Waals surface area contributed by atoms with Crippen LogP contribution in [0.3, 0.4) is 0 Å². The molecule has 2 aliphatic heterocycles. The van der Waals surface area contributed by atoms with E-state index in [1.807, 2.05) is 18.4 Å². The van der Waals surface area contributed by atoms with Crippen LogP contribution in [0.4, 0.5) is 5.69 Å². The number of nitrogens with one attached hydrogen (secondary N) is 1. The lowest BCUT2D eigenvalue weighted by Crippen LogP contribution is -2.37. The molecule has 1 unspecified atom stereocenters. The van der Waals surface area contributed by atoms with Gasteiger partial charge in [0.05, 0.1) is 12.0 Å². The first-order valence-electron chi connectivity index (χ1n) is 5.60. The summed E-state index contributed by atoms with van der Waals surface area (Å²) in [7, 11) is 0. The van der Waals surface area contributed by atoms with Gasteiger partial charge in [-0.15, -0.1) is 11.8 Å². The standard InChI is InChI=1S/C12H14N2OS2/c1-17-12(16)14-6-9(15)10-7-4-2-3-5-8(7)13-11(10)14/h2-5,9-11,13,15H,6H2,1H3/t9-,10?,11-/m0/s1. The van der Waals surface area contributed by atoms with Gasteiger partial charge in [-0.25, -0.2) is 0 Å². The predicted molar refractivity (Wildman–Crippen MR) is 75.4 cm³/mol. The molecule has 1 aromatic carbocycles. The van der Waals surface area contributed by atoms with Crippen LogP contribution in [-0.2, 0) is 0 Å². The maximum atomic E-state index is 10.2. The van der Waals surface area contributed by atoms with Crippen molar-refractivity contribution in [1.29, 1.82) is 0 Å². The highest BCUT2D eigenvalue weighted by Crippen LogP contribution is 2.44. The quantitative estimate of drug-likeness (QED) is 0.701. The van der Waals surface area contributed by atoms with E-state index in [0.717, 1.165) is 10.0 Å². The van der Waals surface area contributed by atoms with E-state index in [9.17, 15) is 5.11 Å². The van der Waals surface area contributed by atoms with Crippen molar-refractivity contribution >= 4 is 34.0 Å². The molecule has 0 saturated carbocycles. The molecule has 0 bridgehead atoms. The Balaban J connectivity index is 1.96. The zero-order valence-electron chi connectivity index (χ0n) is 9.46. The van der Waals surface area contributed by atoms with E-state index in [0.29, 0.717) is 6.54 Å². The summed E-state index contributed by atoms with van der Waals surface area (Å²) in [5.74, 6) is 0.135. The van der Waals surface area contributed by atoms with Crippen LogP contribution in [0.25, 0.3) is 0 Å². The number of benzene rings is 1. The molecule has 90 valence electrons. The number of thiocarbonyl (C=S) groups is 1. The SMILES string of the molecule is CSC(=S)N1C[C@H](O)C2c3ccccc3N[C@H]21. The average Bonchev–Trinajstić information content (AvgIpc) is 2.86. The Kier molecular flexibility index (Phi) is 2.77. The molecule has 1 saturated heterocycles. The first kappa shape index (κ1) is 11.3. The van der Waals surface area contributed by atoms with Crippen LogP contribution in [0.1, 0.15) is 11.5 Å². The minimum absolute atomic E-state index is 0.113. The van der Waals surface area contributed by atoms with Gasteiger partial charge in [0, 0.05) is 12.2 Å². The first-order valence-corrected chi connectivity index (χ1v) is 7.24. The second-order valence-electron chi connectivity index (χ2n) is 4.39. The predicted octanol–water partition coefficient (Wildman–Crippen LogP) is 1.85. The van der Waals surface area contributed by atoms with Crippen LogP contribution in [-0.4, -0.2) is 39.4 Å². The van der Waals surface area contributed by atoms with Gasteiger partial charge in [-0.2, -0.15) is 0 Å². The topological polar surface area (TPSA) is 35.5 Å². The third kappa shape index (κ3) is 1.64. The lowest BCUT2D eigenvalue weighted by atomic mass is 9.96. The van der Waals surface area contributed by atoms with Gasteiger partial charge in [-0.05, 0) is 17.9 Å². The Bertz CT molecular complexity index is 466. The summed E-state index contributed by atoms with van der Waals surface area (Å²) in [6.45, 7) is 0.621. The number of rotatable bonds is 0. The van der Waals surface area contributed by atoms with Gasteiger partial charge in [0.2, 0.25) is 0 Å². The van der Waals surface area contributed by atoms with Gasteiger partial charge in [0.25, 0.3) is 0 Å². The van der Waals surface area contributed by atoms with Crippen molar-refractivity contribution in [2.24, 2.45) is 0 Å². The molecule has 3 atom stereocenters. The molecule has 5 heteroatoms. The first-order chi connectivity index (χ1) is 8.22. The molecule has 1 aromatic rings. The molecule has 0 radical (unpaired) electrons. The highest BCUT2D eigenvalue weighted by atomic mass is 32.2. The fourth-order valence-electron chi connectivity index (χ4n) is 2.76. The summed E-state index contributed by atoms with van der Waals surface area (Å²) in [5, 5.41) is 13.7. The summed E-state index contributed by atoms with van der Waals surface area (Å²) in [5.41, 5.74) is 2.33. The number of nitrogens with zero attached hydrogens (tertiary/aromatic N) is 1. The van der Waals surface area contributed by atoms with Crippen molar-refractivity contribution < 1.29 is 5.11 Å². The molecular formula is C12H14N2OS2. The maximum absolute atomic E-state index is 10.2. The van der Waals surface area contributed by atoms with E-state index in [2.05, 4.69) is 22.3 Å². The van der Waals surface area contributed by atoms with Gasteiger partial charge in [-0.3, -0.25) is 0 Å². The Labute approximate surface area is 110 Å². The number of hydrogen-bond donors (Lipinski definition) is 2. The smallest absolute Gasteiger partial charge is 0.137 e. The third-order valence-corrected chi connectivity index (χ3v) is 4.82. The number of hydrogen-bond acceptors (Lipinski definition) is 4. The van der Waals surface area contributed by atoms with E-state index < -0.39 is 0 Å². The molecule has 0 amide bonds. The van der Waals surface area contributed by atoms with Crippen molar-refractivity contribution in [3.8, 4) is 0 Å². The maximum Gasteiger partial charge on any atom is 0.137 e. The summed E-state index contributed by atoms with van der Waals surface area (Å²) < 4.78 is 0.844. The number of likely N-dealkylation sites (tertiary alicyclic amines) is 1. The van der Waals surface area contributed by atoms with Crippen molar-refractivity contribution in [2.45, 2.75) is 18.2 Å². The normalized spacial score (nSPS) is 29.8. The van der Waals surface area contributed by atoms with Crippen LogP contribution in [0.2, 0.25) is 0 Å². The molecular weight excluding hydrogens is 252 g/mol. The molecule has 0 aliphatic carbocycles. The Morgan fingerprint density at radius 3 is 3.06 bits per heavy atom. The number of thioether (sulfide) groups is 1. The highest BCUT2D eigenvalue weighted by Gasteiger charge is 2.47. The van der Waals surface area contributed by atoms with Gasteiger partial charge in [0.15, 0.2) is 0 Å². The summed E-state index contributed by atoms with van der Waals surface area (Å²) in [6, 6.07) is 8.17. The second-order valence-corrected chi connectivity index (χ2v) is 5.83. The average molecular weight is 266 g/mol. The Hall–Kier alpha value is -0.780. The number of β-amino-alcohol motifs (C(OH)–C–C–N with tert-alkyl or cyclic N) is 1. The number of aliphatic hydroxyl groups is 1. The fourth-order valence-corrected chi connectivity index (χ4v) is 3.37. The van der Waals surface area contributed by atoms with E-state index in [1.54, 1.807) is 11.8 Å². The Morgan fingerprint density at radius 2 is 2.29 bits per heavy atom. The van der Waals surface area contributed by atoms with Crippen molar-refractivity contribution in [3.63, 3.8) is 0 Å². The third-order valence-electron chi connectivity index (χ3n) is 3.51. The van der Waals surface area contributed by atoms with E-state index in [1.165, 1.54) is 5.56 Å². The van der Waals surface area contributed by atoms with Crippen LogP contribution in [0, 0.1) is 0 Å². The summed E-state index contributed by atoms with van der Waals surface area (Å²) in [6.07, 6.45) is 1.74. The molecule has 2 N–H and O–H groups in total. The number of aliphatic hydroxyl groups excluding tert-OH is 1. The molecule has 1 fully saturated rings. The summed E-state index contributed by atoms with van der Waals surface area (Å²) >= 11 is 6.90. The van der Waals surface area contributed by atoms with Crippen molar-refractivity contribution in [1.82, 2.24) is 4.90 Å². The molecule has 3 rings (SSSR count). The van der Waals surface area contributed by atoms with Crippen LogP contribution in [0.5, 0.6) is 0 Å². The molecule has 3 nitrogen and oxygen atoms in total. The van der Waals surface area contributed by atoms with Gasteiger partial charge >= 0.3 is 0 Å². The van der Waals surface area contributed by atoms with E-state index in [4.69, 9.17) is 12.2 Å². The van der Waals surface area contributed by atoms with E-state index >= 15 is 0 Å². The molecule has 0 spiro atoms. The number of fused-ring (bicyclic) bond motifs is 3. The van der Waals surface area contributed by atoms with Crippen LogP contribution < -0.4 is 5.32 Å². The number of anilines is 1. The zero-order valence-corrected chi connectivity index (χ0v) is 11.1. The van der Waals surface area contributed by atoms with Crippen molar-refractivity contribution in [2.75, 3.05) is 18.1 Å². The minimum atomic E-state index is -0.346. The van der Waals surface area contributed by atoms with Crippen molar-refractivity contribution in [3.05, 3.63) is 29.8 Å². The Morgan fingerprint density at radius 1 is 1.53 bits per heavy atom. The highest BCUT2D eigenvalue weighted by molar-refractivity contribution is 8.22.